The molecule has 0 aliphatic rings. The Labute approximate surface area is 212 Å². The zero-order valence-corrected chi connectivity index (χ0v) is 23.8. The molecule has 2 nitrogen and oxygen atoms in total. The standard InChI is InChI=1S/C18H30ClNO.C7H8.C3H8.C2H6/c1-5-8-14-20(16-17(6-2)11-9-13-19)18(7-3)12-10-15-21-4;1-7-5-3-2-4-6-7;1-3-2;1-2/h6-7,9-12H,5,8,13-16H2,1-4H3;2-6H,1H3;3H2,1-2H3;1-2H3/b11-9-,12-10-,17-6+,18-7+;;;. The molecule has 1 aromatic carbocycles. The van der Waals surface area contributed by atoms with E-state index < -0.39 is 0 Å². The van der Waals surface area contributed by atoms with Crippen molar-refractivity contribution in [1.29, 1.82) is 0 Å². The number of allylic oxidation sites excluding steroid dienone is 4. The van der Waals surface area contributed by atoms with Crippen LogP contribution in [0.15, 0.2) is 78.1 Å². The third kappa shape index (κ3) is 24.7. The van der Waals surface area contributed by atoms with Crippen LogP contribution in [0.25, 0.3) is 0 Å². The van der Waals surface area contributed by atoms with Gasteiger partial charge >= 0.3 is 0 Å². The summed E-state index contributed by atoms with van der Waals surface area (Å²) >= 11 is 5.73. The lowest BCUT2D eigenvalue weighted by molar-refractivity contribution is 0.233. The highest BCUT2D eigenvalue weighted by molar-refractivity contribution is 6.18. The minimum Gasteiger partial charge on any atom is -0.381 e. The number of unbranched alkanes of at least 4 members (excludes halogenated alkanes) is 1. The highest BCUT2D eigenvalue weighted by atomic mass is 35.5. The molecule has 190 valence electrons. The van der Waals surface area contributed by atoms with Crippen LogP contribution in [0.2, 0.25) is 0 Å². The van der Waals surface area contributed by atoms with Gasteiger partial charge in [0, 0.05) is 31.8 Å². The van der Waals surface area contributed by atoms with Gasteiger partial charge in [-0.15, -0.1) is 11.6 Å². The molecule has 0 spiro atoms. The fourth-order valence-electron chi connectivity index (χ4n) is 2.49. The molecule has 0 heterocycles. The average molecular weight is 478 g/mol. The van der Waals surface area contributed by atoms with Crippen LogP contribution < -0.4 is 0 Å². The van der Waals surface area contributed by atoms with Gasteiger partial charge in [-0.1, -0.05) is 114 Å². The van der Waals surface area contributed by atoms with E-state index in [0.29, 0.717) is 12.5 Å². The van der Waals surface area contributed by atoms with Gasteiger partial charge in [0.2, 0.25) is 0 Å². The molecule has 0 fully saturated rings. The van der Waals surface area contributed by atoms with Gasteiger partial charge in [-0.3, -0.25) is 0 Å². The van der Waals surface area contributed by atoms with E-state index in [1.54, 1.807) is 7.11 Å². The van der Waals surface area contributed by atoms with Gasteiger partial charge in [0.05, 0.1) is 6.61 Å². The van der Waals surface area contributed by atoms with Crippen LogP contribution in [-0.2, 0) is 4.74 Å². The minimum absolute atomic E-state index is 0.552. The molecule has 0 atom stereocenters. The summed E-state index contributed by atoms with van der Waals surface area (Å²) in [6.07, 6.45) is 16.2. The highest BCUT2D eigenvalue weighted by Gasteiger charge is 2.07. The second kappa shape index (κ2) is 30.2. The molecule has 0 saturated carbocycles. The maximum absolute atomic E-state index is 5.73. The Morgan fingerprint density at radius 2 is 1.58 bits per heavy atom. The first-order valence-corrected chi connectivity index (χ1v) is 13.0. The molecule has 0 aliphatic heterocycles. The lowest BCUT2D eigenvalue weighted by atomic mass is 10.1. The topological polar surface area (TPSA) is 12.5 Å². The number of methoxy groups -OCH3 is 1. The number of halogens is 1. The lowest BCUT2D eigenvalue weighted by Gasteiger charge is -2.26. The molecule has 1 aromatic rings. The number of nitrogens with zero attached hydrogens (tertiary/aromatic N) is 1. The van der Waals surface area contributed by atoms with Gasteiger partial charge in [0.15, 0.2) is 0 Å². The van der Waals surface area contributed by atoms with Gasteiger partial charge in [-0.2, -0.15) is 0 Å². The quantitative estimate of drug-likeness (QED) is 0.232. The zero-order chi connectivity index (χ0) is 25.7. The predicted octanol–water partition coefficient (Wildman–Crippen LogP) is 9.37. The van der Waals surface area contributed by atoms with Crippen molar-refractivity contribution in [2.75, 3.05) is 32.7 Å². The fraction of sp³-hybridized carbons (Fsp3) is 0.533. The van der Waals surface area contributed by atoms with Crippen LogP contribution in [0.1, 0.15) is 73.3 Å². The molecule has 33 heavy (non-hydrogen) atoms. The summed E-state index contributed by atoms with van der Waals surface area (Å²) < 4.78 is 5.08. The summed E-state index contributed by atoms with van der Waals surface area (Å²) in [5.41, 5.74) is 3.84. The van der Waals surface area contributed by atoms with Gasteiger partial charge in [0.25, 0.3) is 0 Å². The number of hydrogen-bond donors (Lipinski definition) is 0. The number of benzene rings is 1. The summed E-state index contributed by atoms with van der Waals surface area (Å²) in [5.74, 6) is 0.552. The predicted molar refractivity (Wildman–Crippen MR) is 153 cm³/mol. The van der Waals surface area contributed by atoms with E-state index in [0.717, 1.165) is 13.1 Å². The first kappa shape index (κ1) is 35.8. The molecule has 0 unspecified atom stereocenters. The van der Waals surface area contributed by atoms with Crippen LogP contribution in [-0.4, -0.2) is 37.6 Å². The third-order valence-corrected chi connectivity index (χ3v) is 4.28. The molecule has 0 saturated heterocycles. The molecule has 0 bridgehead atoms. The van der Waals surface area contributed by atoms with Gasteiger partial charge < -0.3 is 9.64 Å². The molecule has 0 aliphatic carbocycles. The smallest absolute Gasteiger partial charge is 0.0647 e. The van der Waals surface area contributed by atoms with Crippen molar-refractivity contribution in [3.63, 3.8) is 0 Å². The molecule has 0 amide bonds. The summed E-state index contributed by atoms with van der Waals surface area (Å²) in [5, 5.41) is 0. The van der Waals surface area contributed by atoms with Crippen molar-refractivity contribution in [3.05, 3.63) is 83.6 Å². The Bertz CT molecular complexity index is 617. The Morgan fingerprint density at radius 1 is 0.970 bits per heavy atom. The van der Waals surface area contributed by atoms with Gasteiger partial charge in [-0.25, -0.2) is 0 Å². The lowest BCUT2D eigenvalue weighted by Crippen LogP contribution is -2.25. The van der Waals surface area contributed by atoms with Crippen molar-refractivity contribution in [3.8, 4) is 0 Å². The van der Waals surface area contributed by atoms with E-state index >= 15 is 0 Å². The Morgan fingerprint density at radius 3 is 1.97 bits per heavy atom. The van der Waals surface area contributed by atoms with Crippen LogP contribution in [0.3, 0.4) is 0 Å². The highest BCUT2D eigenvalue weighted by Crippen LogP contribution is 2.13. The first-order valence-electron chi connectivity index (χ1n) is 12.5. The van der Waals surface area contributed by atoms with Gasteiger partial charge in [-0.05, 0) is 38.8 Å². The molecular formula is C30H52ClNO. The SMILES string of the molecule is C/C=C(\C=C/CCl)CN(CCCC)C(/C=C\COC)=C/C.CC.CCC.Cc1ccccc1. The monoisotopic (exact) mass is 477 g/mol. The molecular weight excluding hydrogens is 426 g/mol. The van der Waals surface area contributed by atoms with Crippen LogP contribution in [0, 0.1) is 6.92 Å². The minimum atomic E-state index is 0.552. The number of ether oxygens (including phenoxy) is 1. The normalized spacial score (nSPS) is 11.2. The largest absolute Gasteiger partial charge is 0.381 e. The van der Waals surface area contributed by atoms with E-state index in [4.69, 9.17) is 16.3 Å². The van der Waals surface area contributed by atoms with E-state index in [9.17, 15) is 0 Å². The van der Waals surface area contributed by atoms with Crippen molar-refractivity contribution < 1.29 is 4.74 Å². The Balaban J connectivity index is -0.000000610. The van der Waals surface area contributed by atoms with Gasteiger partial charge in [0.1, 0.15) is 0 Å². The summed E-state index contributed by atoms with van der Waals surface area (Å²) in [4.78, 5) is 2.41. The maximum Gasteiger partial charge on any atom is 0.0647 e. The Kier molecular flexibility index (Phi) is 32.8. The van der Waals surface area contributed by atoms with Crippen molar-refractivity contribution >= 4 is 11.6 Å². The summed E-state index contributed by atoms with van der Waals surface area (Å²) in [6.45, 7) is 19.3. The summed E-state index contributed by atoms with van der Waals surface area (Å²) in [6, 6.07) is 10.3. The van der Waals surface area contributed by atoms with E-state index in [2.05, 4.69) is 89.0 Å². The molecule has 0 radical (unpaired) electrons. The average Bonchev–Trinajstić information content (AvgIpc) is 2.84. The van der Waals surface area contributed by atoms with E-state index in [-0.39, 0.29) is 0 Å². The second-order valence-corrected chi connectivity index (χ2v) is 7.44. The van der Waals surface area contributed by atoms with Crippen molar-refractivity contribution in [2.24, 2.45) is 0 Å². The first-order chi connectivity index (χ1) is 16.0. The Hall–Kier alpha value is -1.77. The second-order valence-electron chi connectivity index (χ2n) is 7.13. The molecule has 1 rings (SSSR count). The van der Waals surface area contributed by atoms with Crippen LogP contribution in [0.4, 0.5) is 0 Å². The maximum atomic E-state index is 5.73. The number of hydrogen-bond acceptors (Lipinski definition) is 2. The number of rotatable bonds is 11. The van der Waals surface area contributed by atoms with E-state index in [1.807, 2.05) is 38.1 Å². The van der Waals surface area contributed by atoms with Crippen molar-refractivity contribution in [1.82, 2.24) is 4.90 Å². The molecule has 0 N–H and O–H groups in total. The third-order valence-electron chi connectivity index (χ3n) is 4.10. The number of aryl methyl sites for hydroxylation is 1. The molecule has 3 heteroatoms. The fourth-order valence-corrected chi connectivity index (χ4v) is 2.58. The molecule has 0 aromatic heterocycles. The zero-order valence-electron chi connectivity index (χ0n) is 23.0. The van der Waals surface area contributed by atoms with E-state index in [1.165, 1.54) is 36.1 Å². The summed E-state index contributed by atoms with van der Waals surface area (Å²) in [7, 11) is 1.71. The van der Waals surface area contributed by atoms with Crippen LogP contribution in [0.5, 0.6) is 0 Å². The van der Waals surface area contributed by atoms with Crippen molar-refractivity contribution in [2.45, 2.75) is 74.7 Å². The number of alkyl halides is 1. The van der Waals surface area contributed by atoms with Crippen LogP contribution >= 0.6 is 11.6 Å².